The molecule has 0 aliphatic carbocycles. The van der Waals surface area contributed by atoms with E-state index < -0.39 is 0 Å². The maximum absolute atomic E-state index is 4.75. The predicted octanol–water partition coefficient (Wildman–Crippen LogP) is 3.27. The highest BCUT2D eigenvalue weighted by atomic mass is 127. The summed E-state index contributed by atoms with van der Waals surface area (Å²) in [6.07, 6.45) is 4.47. The van der Waals surface area contributed by atoms with Crippen molar-refractivity contribution in [1.82, 2.24) is 15.2 Å². The van der Waals surface area contributed by atoms with Gasteiger partial charge in [0, 0.05) is 30.7 Å². The molecule has 114 valence electrons. The van der Waals surface area contributed by atoms with E-state index in [1.165, 1.54) is 17.7 Å². The maximum atomic E-state index is 4.75. The number of hydrogen-bond acceptors (Lipinski definition) is 3. The van der Waals surface area contributed by atoms with Crippen molar-refractivity contribution >= 4 is 41.3 Å². The van der Waals surface area contributed by atoms with Gasteiger partial charge in [0.25, 0.3) is 0 Å². The van der Waals surface area contributed by atoms with Crippen molar-refractivity contribution in [2.45, 2.75) is 40.2 Å². The highest BCUT2D eigenvalue weighted by Crippen LogP contribution is 2.17. The molecule has 0 bridgehead atoms. The summed E-state index contributed by atoms with van der Waals surface area (Å²) in [5.41, 5.74) is 0. The maximum Gasteiger partial charge on any atom is 0.194 e. The van der Waals surface area contributed by atoms with Gasteiger partial charge < -0.3 is 10.2 Å². The quantitative estimate of drug-likeness (QED) is 0.474. The van der Waals surface area contributed by atoms with E-state index in [0.717, 1.165) is 43.1 Å². The number of piperidine rings is 1. The molecule has 1 aromatic rings. The van der Waals surface area contributed by atoms with Crippen molar-refractivity contribution in [2.75, 3.05) is 19.6 Å². The van der Waals surface area contributed by atoms with Crippen LogP contribution in [-0.2, 0) is 6.54 Å². The number of rotatable bonds is 3. The Bertz CT molecular complexity index is 425. The molecule has 2 heterocycles. The van der Waals surface area contributed by atoms with Gasteiger partial charge in [-0.15, -0.1) is 35.3 Å². The molecule has 1 aliphatic heterocycles. The largest absolute Gasteiger partial charge is 0.357 e. The summed E-state index contributed by atoms with van der Waals surface area (Å²) in [7, 11) is 0. The average Bonchev–Trinajstić information content (AvgIpc) is 2.81. The lowest BCUT2D eigenvalue weighted by Crippen LogP contribution is -2.45. The molecule has 0 amide bonds. The van der Waals surface area contributed by atoms with Gasteiger partial charge >= 0.3 is 0 Å². The molecular weight excluding hydrogens is 383 g/mol. The smallest absolute Gasteiger partial charge is 0.194 e. The molecule has 0 saturated carbocycles. The molecule has 1 fully saturated rings. The number of nitrogens with zero attached hydrogens (tertiary/aromatic N) is 3. The van der Waals surface area contributed by atoms with Crippen LogP contribution in [0.4, 0.5) is 0 Å². The van der Waals surface area contributed by atoms with Gasteiger partial charge in [-0.2, -0.15) is 0 Å². The summed E-state index contributed by atoms with van der Waals surface area (Å²) in [6.45, 7) is 10.4. The summed E-state index contributed by atoms with van der Waals surface area (Å²) >= 11 is 1.73. The molecule has 1 N–H and O–H groups in total. The van der Waals surface area contributed by atoms with Crippen LogP contribution in [0.25, 0.3) is 0 Å². The number of aryl methyl sites for hydroxylation is 1. The lowest BCUT2D eigenvalue weighted by Gasteiger charge is -2.32. The van der Waals surface area contributed by atoms with Gasteiger partial charge in [-0.25, -0.2) is 9.98 Å². The predicted molar refractivity (Wildman–Crippen MR) is 97.1 cm³/mol. The number of nitrogens with one attached hydrogen (secondary N) is 1. The first-order valence-corrected chi connectivity index (χ1v) is 7.95. The van der Waals surface area contributed by atoms with Crippen molar-refractivity contribution in [2.24, 2.45) is 10.9 Å². The molecule has 2 rings (SSSR count). The molecule has 0 spiro atoms. The topological polar surface area (TPSA) is 40.5 Å². The lowest BCUT2D eigenvalue weighted by molar-refractivity contribution is 0.273. The average molecular weight is 408 g/mol. The fraction of sp³-hybridized carbons (Fsp3) is 0.714. The van der Waals surface area contributed by atoms with Crippen LogP contribution in [0.5, 0.6) is 0 Å². The van der Waals surface area contributed by atoms with Gasteiger partial charge in [0.1, 0.15) is 0 Å². The minimum absolute atomic E-state index is 0. The van der Waals surface area contributed by atoms with Crippen LogP contribution >= 0.6 is 35.3 Å². The Morgan fingerprint density at radius 1 is 1.50 bits per heavy atom. The minimum atomic E-state index is 0. The van der Waals surface area contributed by atoms with E-state index in [1.54, 1.807) is 11.3 Å². The zero-order valence-corrected chi connectivity index (χ0v) is 15.7. The number of guanidine groups is 1. The standard InChI is InChI=1S/C14H24N4S.HI/c1-4-15-14(18-7-5-11(2)6-8-18)17-10-13-9-16-12(3)19-13;/h9,11H,4-8,10H2,1-3H3,(H,15,17);1H. The highest BCUT2D eigenvalue weighted by molar-refractivity contribution is 14.0. The fourth-order valence-corrected chi connectivity index (χ4v) is 3.00. The Morgan fingerprint density at radius 2 is 2.20 bits per heavy atom. The van der Waals surface area contributed by atoms with E-state index in [1.807, 2.05) is 13.1 Å². The van der Waals surface area contributed by atoms with Gasteiger partial charge in [-0.1, -0.05) is 6.92 Å². The molecule has 4 nitrogen and oxygen atoms in total. The van der Waals surface area contributed by atoms with Crippen molar-refractivity contribution in [1.29, 1.82) is 0 Å². The zero-order chi connectivity index (χ0) is 13.7. The Morgan fingerprint density at radius 3 is 2.75 bits per heavy atom. The summed E-state index contributed by atoms with van der Waals surface area (Å²) < 4.78 is 0. The van der Waals surface area contributed by atoms with Crippen molar-refractivity contribution in [3.8, 4) is 0 Å². The van der Waals surface area contributed by atoms with Gasteiger partial charge in [-0.3, -0.25) is 0 Å². The number of thiazole rings is 1. The Balaban J connectivity index is 0.00000200. The third-order valence-corrected chi connectivity index (χ3v) is 4.37. The SMILES string of the molecule is CCNC(=NCc1cnc(C)s1)N1CCC(C)CC1.I. The first-order valence-electron chi connectivity index (χ1n) is 7.13. The van der Waals surface area contributed by atoms with Crippen LogP contribution in [0, 0.1) is 12.8 Å². The summed E-state index contributed by atoms with van der Waals surface area (Å²) in [5.74, 6) is 1.91. The summed E-state index contributed by atoms with van der Waals surface area (Å²) in [4.78, 5) is 12.6. The van der Waals surface area contributed by atoms with E-state index in [0.29, 0.717) is 0 Å². The molecule has 6 heteroatoms. The Hall–Kier alpha value is -0.370. The van der Waals surface area contributed by atoms with Crippen molar-refractivity contribution in [3.05, 3.63) is 16.1 Å². The third-order valence-electron chi connectivity index (χ3n) is 3.47. The van der Waals surface area contributed by atoms with Gasteiger partial charge in [0.2, 0.25) is 0 Å². The lowest BCUT2D eigenvalue weighted by atomic mass is 10.00. The highest BCUT2D eigenvalue weighted by Gasteiger charge is 2.18. The van der Waals surface area contributed by atoms with Crippen molar-refractivity contribution < 1.29 is 0 Å². The van der Waals surface area contributed by atoms with Crippen molar-refractivity contribution in [3.63, 3.8) is 0 Å². The second-order valence-corrected chi connectivity index (χ2v) is 6.50. The van der Waals surface area contributed by atoms with Crippen LogP contribution in [0.15, 0.2) is 11.2 Å². The van der Waals surface area contributed by atoms with Gasteiger partial charge in [0.15, 0.2) is 5.96 Å². The normalized spacial score (nSPS) is 16.9. The second-order valence-electron chi connectivity index (χ2n) is 5.19. The Labute approximate surface area is 143 Å². The first-order chi connectivity index (χ1) is 9.19. The number of aromatic nitrogens is 1. The second kappa shape index (κ2) is 8.81. The molecule has 1 aromatic heterocycles. The molecule has 0 unspecified atom stereocenters. The van der Waals surface area contributed by atoms with Crippen LogP contribution in [0.1, 0.15) is 36.6 Å². The Kier molecular flexibility index (Phi) is 7.79. The monoisotopic (exact) mass is 408 g/mol. The van der Waals surface area contributed by atoms with E-state index in [9.17, 15) is 0 Å². The molecule has 20 heavy (non-hydrogen) atoms. The zero-order valence-electron chi connectivity index (χ0n) is 12.6. The third kappa shape index (κ3) is 5.20. The molecule has 0 atom stereocenters. The molecule has 1 aliphatic rings. The van der Waals surface area contributed by atoms with E-state index >= 15 is 0 Å². The van der Waals surface area contributed by atoms with E-state index in [-0.39, 0.29) is 24.0 Å². The first kappa shape index (κ1) is 17.7. The van der Waals surface area contributed by atoms with Crippen LogP contribution < -0.4 is 5.32 Å². The molecule has 0 radical (unpaired) electrons. The summed E-state index contributed by atoms with van der Waals surface area (Å²) in [5, 5.41) is 4.52. The number of aliphatic imine (C=N–C) groups is 1. The molecule has 1 saturated heterocycles. The minimum Gasteiger partial charge on any atom is -0.357 e. The summed E-state index contributed by atoms with van der Waals surface area (Å²) in [6, 6.07) is 0. The van der Waals surface area contributed by atoms with Crippen LogP contribution in [0.2, 0.25) is 0 Å². The number of likely N-dealkylation sites (tertiary alicyclic amines) is 1. The van der Waals surface area contributed by atoms with E-state index in [4.69, 9.17) is 4.99 Å². The van der Waals surface area contributed by atoms with Crippen LogP contribution in [0.3, 0.4) is 0 Å². The molecule has 0 aromatic carbocycles. The van der Waals surface area contributed by atoms with Crippen LogP contribution in [-0.4, -0.2) is 35.5 Å². The number of hydrogen-bond donors (Lipinski definition) is 1. The molecular formula is C14H25IN4S. The number of halogens is 1. The van der Waals surface area contributed by atoms with Gasteiger partial charge in [-0.05, 0) is 32.6 Å². The fourth-order valence-electron chi connectivity index (χ4n) is 2.28. The van der Waals surface area contributed by atoms with E-state index in [2.05, 4.69) is 29.0 Å². The van der Waals surface area contributed by atoms with Gasteiger partial charge in [0.05, 0.1) is 11.6 Å².